The summed E-state index contributed by atoms with van der Waals surface area (Å²) in [4.78, 5) is 14.1. The fourth-order valence-electron chi connectivity index (χ4n) is 2.49. The van der Waals surface area contributed by atoms with E-state index in [1.54, 1.807) is 0 Å². The Balaban J connectivity index is 1.88. The maximum absolute atomic E-state index is 12.1. The fraction of sp³-hybridized carbons (Fsp3) is 0.909. The zero-order chi connectivity index (χ0) is 10.7. The van der Waals surface area contributed by atoms with Crippen LogP contribution in [-0.4, -0.2) is 43.2 Å². The van der Waals surface area contributed by atoms with E-state index in [1.165, 1.54) is 0 Å². The second-order valence-corrected chi connectivity index (χ2v) is 4.56. The second-order valence-electron chi connectivity index (χ2n) is 4.56. The van der Waals surface area contributed by atoms with Crippen LogP contribution in [0.5, 0.6) is 0 Å². The summed E-state index contributed by atoms with van der Waals surface area (Å²) in [6.45, 7) is 2.88. The van der Waals surface area contributed by atoms with Gasteiger partial charge < -0.3 is 15.4 Å². The number of nitrogens with two attached hydrogens (primary N) is 1. The van der Waals surface area contributed by atoms with Gasteiger partial charge in [0.05, 0.1) is 13.2 Å². The highest BCUT2D eigenvalue weighted by Crippen LogP contribution is 2.25. The lowest BCUT2D eigenvalue weighted by Crippen LogP contribution is -2.45. The van der Waals surface area contributed by atoms with Crippen molar-refractivity contribution in [3.8, 4) is 0 Å². The van der Waals surface area contributed by atoms with Crippen molar-refractivity contribution in [2.24, 2.45) is 11.7 Å². The Morgan fingerprint density at radius 2 is 2.00 bits per heavy atom. The molecule has 0 spiro atoms. The number of carbonyl (C=O) groups excluding carboxylic acids is 1. The van der Waals surface area contributed by atoms with Crippen molar-refractivity contribution < 1.29 is 9.53 Å². The van der Waals surface area contributed by atoms with Crippen molar-refractivity contribution in [1.29, 1.82) is 0 Å². The zero-order valence-electron chi connectivity index (χ0n) is 9.15. The minimum atomic E-state index is 0.173. The van der Waals surface area contributed by atoms with Gasteiger partial charge in [0, 0.05) is 25.0 Å². The third-order valence-electron chi connectivity index (χ3n) is 3.39. The largest absolute Gasteiger partial charge is 0.378 e. The van der Waals surface area contributed by atoms with Crippen molar-refractivity contribution >= 4 is 5.91 Å². The van der Waals surface area contributed by atoms with Crippen LogP contribution in [0.25, 0.3) is 0 Å². The number of nitrogens with zero attached hydrogens (tertiary/aromatic N) is 1. The third kappa shape index (κ3) is 2.69. The average Bonchev–Trinajstić information content (AvgIpc) is 2.29. The molecule has 4 heteroatoms. The average molecular weight is 212 g/mol. The first-order chi connectivity index (χ1) is 7.27. The lowest BCUT2D eigenvalue weighted by Gasteiger charge is -2.33. The molecule has 2 rings (SSSR count). The molecule has 0 aromatic rings. The van der Waals surface area contributed by atoms with Gasteiger partial charge in [0.2, 0.25) is 5.91 Å². The molecule has 1 aliphatic heterocycles. The molecule has 1 aliphatic carbocycles. The van der Waals surface area contributed by atoms with Gasteiger partial charge in [-0.15, -0.1) is 0 Å². The Morgan fingerprint density at radius 3 is 2.67 bits per heavy atom. The van der Waals surface area contributed by atoms with Gasteiger partial charge in [0.15, 0.2) is 0 Å². The molecule has 1 saturated carbocycles. The van der Waals surface area contributed by atoms with E-state index >= 15 is 0 Å². The maximum Gasteiger partial charge on any atom is 0.225 e. The topological polar surface area (TPSA) is 55.6 Å². The number of hydrogen-bond acceptors (Lipinski definition) is 3. The van der Waals surface area contributed by atoms with E-state index in [4.69, 9.17) is 10.5 Å². The van der Waals surface area contributed by atoms with Crippen molar-refractivity contribution in [1.82, 2.24) is 4.90 Å². The fourth-order valence-corrected chi connectivity index (χ4v) is 2.49. The van der Waals surface area contributed by atoms with E-state index in [0.717, 1.165) is 38.8 Å². The van der Waals surface area contributed by atoms with Crippen LogP contribution in [0.15, 0.2) is 0 Å². The number of ether oxygens (including phenoxy) is 1. The summed E-state index contributed by atoms with van der Waals surface area (Å²) >= 11 is 0. The number of morpholine rings is 1. The monoisotopic (exact) mass is 212 g/mol. The van der Waals surface area contributed by atoms with Gasteiger partial charge in [-0.25, -0.2) is 0 Å². The van der Waals surface area contributed by atoms with Gasteiger partial charge in [0.1, 0.15) is 0 Å². The Morgan fingerprint density at radius 1 is 1.27 bits per heavy atom. The van der Waals surface area contributed by atoms with Gasteiger partial charge in [-0.1, -0.05) is 6.42 Å². The molecule has 2 N–H and O–H groups in total. The van der Waals surface area contributed by atoms with Crippen LogP contribution in [-0.2, 0) is 9.53 Å². The van der Waals surface area contributed by atoms with Crippen molar-refractivity contribution in [3.05, 3.63) is 0 Å². The molecule has 0 aromatic heterocycles. The van der Waals surface area contributed by atoms with Crippen LogP contribution in [0.3, 0.4) is 0 Å². The van der Waals surface area contributed by atoms with Gasteiger partial charge in [-0.3, -0.25) is 4.79 Å². The highest BCUT2D eigenvalue weighted by molar-refractivity contribution is 5.79. The van der Waals surface area contributed by atoms with Gasteiger partial charge in [0.25, 0.3) is 0 Å². The SMILES string of the molecule is N[C@@H]1CCC[C@H](C(=O)N2CCOCC2)C1. The van der Waals surface area contributed by atoms with Crippen molar-refractivity contribution in [2.75, 3.05) is 26.3 Å². The molecule has 1 amide bonds. The molecule has 0 unspecified atom stereocenters. The lowest BCUT2D eigenvalue weighted by molar-refractivity contribution is -0.140. The molecular weight excluding hydrogens is 192 g/mol. The Kier molecular flexibility index (Phi) is 3.59. The smallest absolute Gasteiger partial charge is 0.225 e. The second kappa shape index (κ2) is 4.94. The number of amides is 1. The van der Waals surface area contributed by atoms with E-state index in [9.17, 15) is 4.79 Å². The van der Waals surface area contributed by atoms with Crippen LogP contribution >= 0.6 is 0 Å². The summed E-state index contributed by atoms with van der Waals surface area (Å²) < 4.78 is 5.24. The summed E-state index contributed by atoms with van der Waals surface area (Å²) in [7, 11) is 0. The quantitative estimate of drug-likeness (QED) is 0.683. The van der Waals surface area contributed by atoms with Gasteiger partial charge in [-0.2, -0.15) is 0 Å². The molecule has 86 valence electrons. The van der Waals surface area contributed by atoms with Gasteiger partial charge >= 0.3 is 0 Å². The molecule has 2 atom stereocenters. The molecule has 0 radical (unpaired) electrons. The Labute approximate surface area is 90.8 Å². The van der Waals surface area contributed by atoms with E-state index in [2.05, 4.69) is 0 Å². The summed E-state index contributed by atoms with van der Waals surface area (Å²) in [5, 5.41) is 0. The zero-order valence-corrected chi connectivity index (χ0v) is 9.15. The Bertz CT molecular complexity index is 227. The molecule has 0 bridgehead atoms. The first kappa shape index (κ1) is 10.9. The highest BCUT2D eigenvalue weighted by atomic mass is 16.5. The standard InChI is InChI=1S/C11H20N2O2/c12-10-3-1-2-9(8-10)11(14)13-4-6-15-7-5-13/h9-10H,1-8,12H2/t9-,10+/m0/s1. The summed E-state index contributed by atoms with van der Waals surface area (Å²) in [6, 6.07) is 0.230. The molecule has 2 aliphatic rings. The van der Waals surface area contributed by atoms with Crippen molar-refractivity contribution in [3.63, 3.8) is 0 Å². The minimum Gasteiger partial charge on any atom is -0.378 e. The van der Waals surface area contributed by atoms with Crippen molar-refractivity contribution in [2.45, 2.75) is 31.7 Å². The van der Waals surface area contributed by atoms with E-state index in [-0.39, 0.29) is 12.0 Å². The third-order valence-corrected chi connectivity index (χ3v) is 3.39. The maximum atomic E-state index is 12.1. The predicted molar refractivity (Wildman–Crippen MR) is 57.3 cm³/mol. The first-order valence-corrected chi connectivity index (χ1v) is 5.89. The van der Waals surface area contributed by atoms with Crippen LogP contribution in [0.4, 0.5) is 0 Å². The summed E-state index contributed by atoms with van der Waals surface area (Å²) in [5.41, 5.74) is 5.90. The van der Waals surface area contributed by atoms with Crippen LogP contribution in [0, 0.1) is 5.92 Å². The van der Waals surface area contributed by atoms with Crippen LogP contribution in [0.2, 0.25) is 0 Å². The first-order valence-electron chi connectivity index (χ1n) is 5.89. The van der Waals surface area contributed by atoms with E-state index in [1.807, 2.05) is 4.90 Å². The van der Waals surface area contributed by atoms with Gasteiger partial charge in [-0.05, 0) is 19.3 Å². The van der Waals surface area contributed by atoms with Crippen LogP contribution in [0.1, 0.15) is 25.7 Å². The molecule has 1 saturated heterocycles. The molecular formula is C11H20N2O2. The number of rotatable bonds is 1. The molecule has 1 heterocycles. The van der Waals surface area contributed by atoms with E-state index in [0.29, 0.717) is 19.1 Å². The van der Waals surface area contributed by atoms with Crippen LogP contribution < -0.4 is 5.73 Å². The molecule has 4 nitrogen and oxygen atoms in total. The Hall–Kier alpha value is -0.610. The normalized spacial score (nSPS) is 32.7. The minimum absolute atomic E-state index is 0.173. The lowest BCUT2D eigenvalue weighted by atomic mass is 9.85. The number of hydrogen-bond donors (Lipinski definition) is 1. The molecule has 15 heavy (non-hydrogen) atoms. The van der Waals surface area contributed by atoms with E-state index < -0.39 is 0 Å². The molecule has 2 fully saturated rings. The summed E-state index contributed by atoms with van der Waals surface area (Å²) in [5.74, 6) is 0.473. The number of carbonyl (C=O) groups is 1. The summed E-state index contributed by atoms with van der Waals surface area (Å²) in [6.07, 6.45) is 4.06. The molecule has 0 aromatic carbocycles. The highest BCUT2D eigenvalue weighted by Gasteiger charge is 2.29. The predicted octanol–water partition coefficient (Wildman–Crippen LogP) is 0.363.